The number of hydrogen-bond acceptors (Lipinski definition) is 3. The molecule has 0 aliphatic heterocycles. The molecule has 0 aliphatic carbocycles. The van der Waals surface area contributed by atoms with Crippen molar-refractivity contribution in [2.24, 2.45) is 7.05 Å². The molecule has 1 amide bonds. The summed E-state index contributed by atoms with van der Waals surface area (Å²) in [6.45, 7) is 2.43. The number of benzene rings is 1. The Labute approximate surface area is 119 Å². The molecule has 0 atom stereocenters. The first kappa shape index (κ1) is 13.6. The quantitative estimate of drug-likeness (QED) is 0.849. The van der Waals surface area contributed by atoms with Gasteiger partial charge in [0, 0.05) is 40.6 Å². The number of carbonyl (C=O) groups excluding carboxylic acids is 1. The fourth-order valence-corrected chi connectivity index (χ4v) is 2.04. The van der Waals surface area contributed by atoms with Crippen molar-refractivity contribution in [1.82, 2.24) is 15.1 Å². The SMILES string of the molecule is Cc1c(CNC(=O)c2ccc(N)c(Br)c2)cnn1C. The van der Waals surface area contributed by atoms with E-state index in [0.717, 1.165) is 15.7 Å². The molecule has 0 unspecified atom stereocenters. The summed E-state index contributed by atoms with van der Waals surface area (Å²) in [6.07, 6.45) is 1.76. The van der Waals surface area contributed by atoms with E-state index in [0.29, 0.717) is 17.8 Å². The van der Waals surface area contributed by atoms with Crippen LogP contribution in [0, 0.1) is 6.92 Å². The van der Waals surface area contributed by atoms with E-state index in [1.807, 2.05) is 14.0 Å². The van der Waals surface area contributed by atoms with Gasteiger partial charge in [0.2, 0.25) is 0 Å². The van der Waals surface area contributed by atoms with Crippen LogP contribution in [0.1, 0.15) is 21.6 Å². The number of nitrogen functional groups attached to an aromatic ring is 1. The maximum Gasteiger partial charge on any atom is 0.251 e. The molecule has 6 heteroatoms. The van der Waals surface area contributed by atoms with Crippen molar-refractivity contribution in [3.8, 4) is 0 Å². The van der Waals surface area contributed by atoms with E-state index in [4.69, 9.17) is 5.73 Å². The minimum absolute atomic E-state index is 0.135. The highest BCUT2D eigenvalue weighted by atomic mass is 79.9. The van der Waals surface area contributed by atoms with Crippen molar-refractivity contribution in [3.63, 3.8) is 0 Å². The minimum Gasteiger partial charge on any atom is -0.398 e. The predicted octanol–water partition coefficient (Wildman–Crippen LogP) is 2.00. The molecule has 0 bridgehead atoms. The largest absolute Gasteiger partial charge is 0.398 e. The zero-order valence-electron chi connectivity index (χ0n) is 10.8. The van der Waals surface area contributed by atoms with Gasteiger partial charge in [0.15, 0.2) is 0 Å². The van der Waals surface area contributed by atoms with Gasteiger partial charge in [-0.3, -0.25) is 9.48 Å². The van der Waals surface area contributed by atoms with Gasteiger partial charge in [0.05, 0.1) is 6.20 Å². The van der Waals surface area contributed by atoms with Gasteiger partial charge in [-0.15, -0.1) is 0 Å². The maximum atomic E-state index is 12.0. The van der Waals surface area contributed by atoms with E-state index >= 15 is 0 Å². The standard InChI is InChI=1S/C13H15BrN4O/c1-8-10(7-17-18(8)2)6-16-13(19)9-3-4-12(15)11(14)5-9/h3-5,7H,6,15H2,1-2H3,(H,16,19). The number of amides is 1. The summed E-state index contributed by atoms with van der Waals surface area (Å²) in [4.78, 5) is 12.0. The third-order valence-corrected chi connectivity index (χ3v) is 3.73. The van der Waals surface area contributed by atoms with Crippen LogP contribution in [0.2, 0.25) is 0 Å². The van der Waals surface area contributed by atoms with E-state index in [9.17, 15) is 4.79 Å². The zero-order chi connectivity index (χ0) is 14.0. The Bertz CT molecular complexity index is 621. The lowest BCUT2D eigenvalue weighted by Crippen LogP contribution is -2.23. The van der Waals surface area contributed by atoms with Crippen LogP contribution in [0.3, 0.4) is 0 Å². The zero-order valence-corrected chi connectivity index (χ0v) is 12.4. The summed E-state index contributed by atoms with van der Waals surface area (Å²) >= 11 is 3.31. The lowest BCUT2D eigenvalue weighted by atomic mass is 10.2. The topological polar surface area (TPSA) is 72.9 Å². The summed E-state index contributed by atoms with van der Waals surface area (Å²) in [5.41, 5.74) is 8.92. The van der Waals surface area contributed by atoms with Crippen LogP contribution in [-0.4, -0.2) is 15.7 Å². The number of halogens is 1. The third kappa shape index (κ3) is 2.96. The molecule has 2 rings (SSSR count). The molecule has 1 aromatic heterocycles. The van der Waals surface area contributed by atoms with Gasteiger partial charge < -0.3 is 11.1 Å². The van der Waals surface area contributed by atoms with E-state index < -0.39 is 0 Å². The fraction of sp³-hybridized carbons (Fsp3) is 0.231. The Hall–Kier alpha value is -1.82. The third-order valence-electron chi connectivity index (χ3n) is 3.04. The molecule has 0 saturated heterocycles. The van der Waals surface area contributed by atoms with Gasteiger partial charge >= 0.3 is 0 Å². The monoisotopic (exact) mass is 322 g/mol. The molecule has 19 heavy (non-hydrogen) atoms. The molecule has 5 nitrogen and oxygen atoms in total. The molecule has 1 aromatic carbocycles. The van der Waals surface area contributed by atoms with E-state index in [1.54, 1.807) is 29.1 Å². The van der Waals surface area contributed by atoms with Crippen LogP contribution in [0.5, 0.6) is 0 Å². The number of nitrogens with zero attached hydrogens (tertiary/aromatic N) is 2. The van der Waals surface area contributed by atoms with Crippen molar-refractivity contribution in [2.75, 3.05) is 5.73 Å². The summed E-state index contributed by atoms with van der Waals surface area (Å²) in [5.74, 6) is -0.135. The number of nitrogens with two attached hydrogens (primary N) is 1. The van der Waals surface area contributed by atoms with E-state index in [1.165, 1.54) is 0 Å². The number of carbonyl (C=O) groups is 1. The van der Waals surface area contributed by atoms with Crippen molar-refractivity contribution in [3.05, 3.63) is 45.7 Å². The lowest BCUT2D eigenvalue weighted by molar-refractivity contribution is 0.0951. The van der Waals surface area contributed by atoms with Crippen LogP contribution in [0.25, 0.3) is 0 Å². The predicted molar refractivity (Wildman–Crippen MR) is 77.7 cm³/mol. The van der Waals surface area contributed by atoms with Gasteiger partial charge in [0.25, 0.3) is 5.91 Å². The first-order valence-electron chi connectivity index (χ1n) is 5.79. The fourth-order valence-electron chi connectivity index (χ4n) is 1.66. The number of nitrogens with one attached hydrogen (secondary N) is 1. The Morgan fingerprint density at radius 3 is 2.84 bits per heavy atom. The van der Waals surface area contributed by atoms with Gasteiger partial charge in [0.1, 0.15) is 0 Å². The molecule has 0 aliphatic rings. The Balaban J connectivity index is 2.05. The molecule has 0 radical (unpaired) electrons. The highest BCUT2D eigenvalue weighted by Gasteiger charge is 2.09. The van der Waals surface area contributed by atoms with E-state index in [-0.39, 0.29) is 5.91 Å². The first-order valence-corrected chi connectivity index (χ1v) is 6.59. The number of rotatable bonds is 3. The van der Waals surface area contributed by atoms with Gasteiger partial charge in [-0.1, -0.05) is 0 Å². The molecule has 1 heterocycles. The first-order chi connectivity index (χ1) is 8.99. The summed E-state index contributed by atoms with van der Waals surface area (Å²) < 4.78 is 2.50. The second-order valence-electron chi connectivity index (χ2n) is 4.30. The van der Waals surface area contributed by atoms with Crippen LogP contribution < -0.4 is 11.1 Å². The molecule has 0 spiro atoms. The second-order valence-corrected chi connectivity index (χ2v) is 5.15. The van der Waals surface area contributed by atoms with Crippen LogP contribution in [0.15, 0.2) is 28.9 Å². The number of anilines is 1. The van der Waals surface area contributed by atoms with E-state index in [2.05, 4.69) is 26.3 Å². The van der Waals surface area contributed by atoms with Crippen LogP contribution in [-0.2, 0) is 13.6 Å². The van der Waals surface area contributed by atoms with Crippen molar-refractivity contribution >= 4 is 27.5 Å². The minimum atomic E-state index is -0.135. The van der Waals surface area contributed by atoms with Crippen molar-refractivity contribution in [1.29, 1.82) is 0 Å². The van der Waals surface area contributed by atoms with Crippen molar-refractivity contribution < 1.29 is 4.79 Å². The number of hydrogen-bond donors (Lipinski definition) is 2. The Morgan fingerprint density at radius 2 is 2.26 bits per heavy atom. The molecule has 0 fully saturated rings. The normalized spacial score (nSPS) is 10.5. The highest BCUT2D eigenvalue weighted by molar-refractivity contribution is 9.10. The van der Waals surface area contributed by atoms with Crippen molar-refractivity contribution in [2.45, 2.75) is 13.5 Å². The maximum absolute atomic E-state index is 12.0. The molecule has 3 N–H and O–H groups in total. The highest BCUT2D eigenvalue weighted by Crippen LogP contribution is 2.20. The average molecular weight is 323 g/mol. The summed E-state index contributed by atoms with van der Waals surface area (Å²) in [6, 6.07) is 5.11. The molecular weight excluding hydrogens is 308 g/mol. The number of aromatic nitrogens is 2. The number of aryl methyl sites for hydroxylation is 1. The summed E-state index contributed by atoms with van der Waals surface area (Å²) in [5, 5.41) is 7.00. The van der Waals surface area contributed by atoms with Crippen LogP contribution in [0.4, 0.5) is 5.69 Å². The van der Waals surface area contributed by atoms with Crippen LogP contribution >= 0.6 is 15.9 Å². The van der Waals surface area contributed by atoms with Gasteiger partial charge in [-0.05, 0) is 41.1 Å². The van der Waals surface area contributed by atoms with Gasteiger partial charge in [-0.25, -0.2) is 0 Å². The second kappa shape index (κ2) is 5.44. The lowest BCUT2D eigenvalue weighted by Gasteiger charge is -2.06. The van der Waals surface area contributed by atoms with Gasteiger partial charge in [-0.2, -0.15) is 5.10 Å². The Kier molecular flexibility index (Phi) is 3.90. The molecule has 100 valence electrons. The molecule has 0 saturated carbocycles. The summed E-state index contributed by atoms with van der Waals surface area (Å²) in [7, 11) is 1.87. The smallest absolute Gasteiger partial charge is 0.251 e. The Morgan fingerprint density at radius 1 is 1.53 bits per heavy atom. The molecule has 2 aromatic rings. The average Bonchev–Trinajstić information content (AvgIpc) is 2.70. The molecular formula is C13H15BrN4O.